The van der Waals surface area contributed by atoms with E-state index >= 15 is 0 Å². The fourth-order valence-electron chi connectivity index (χ4n) is 18.4. The Morgan fingerprint density at radius 3 is 0.425 bits per heavy atom. The Labute approximate surface area is 748 Å². The molecule has 0 fully saturated rings. The van der Waals surface area contributed by atoms with Crippen LogP contribution in [0.3, 0.4) is 0 Å². The van der Waals surface area contributed by atoms with E-state index in [1.807, 2.05) is 81.9 Å². The zero-order valence-corrected chi connectivity index (χ0v) is 88.2. The average molecular weight is 1710 g/mol. The molecule has 8 aromatic heterocycles. The molecule has 8 heterocycles. The number of rotatable bonds is 0. The maximum absolute atomic E-state index is 5.85. The molecule has 0 amide bonds. The number of hydrogen-bond donors (Lipinski definition) is 0. The Bertz CT molecular complexity index is 5710. The summed E-state index contributed by atoms with van der Waals surface area (Å²) in [6.45, 7) is 106. The molecule has 0 bridgehead atoms. The highest BCUT2D eigenvalue weighted by Gasteiger charge is 2.23. The van der Waals surface area contributed by atoms with Crippen LogP contribution in [0.25, 0.3) is 83.1 Å². The molecule has 0 aliphatic heterocycles. The fraction of sp³-hybridized carbons (Fsp3) is 0.429. The van der Waals surface area contributed by atoms with Crippen LogP contribution in [-0.4, -0.2) is 0 Å². The predicted molar refractivity (Wildman–Crippen MR) is 551 cm³/mol. The highest BCUT2D eigenvalue weighted by atomic mass is 32.1. The van der Waals surface area contributed by atoms with E-state index < -0.39 is 0 Å². The van der Waals surface area contributed by atoms with Crippen molar-refractivity contribution in [3.05, 3.63) is 263 Å². The Kier molecular flexibility index (Phi) is 29.6. The predicted octanol–water partition coefficient (Wildman–Crippen LogP) is 37.1. The zero-order chi connectivity index (χ0) is 90.6. The molecule has 0 saturated carbocycles. The first-order valence-corrected chi connectivity index (χ1v) is 48.2. The third-order valence-corrected chi connectivity index (χ3v) is 37.9. The van der Waals surface area contributed by atoms with Gasteiger partial charge in [-0.25, -0.2) is 0 Å². The Balaban J connectivity index is 0.000000156. The molecule has 16 aromatic rings. The lowest BCUT2D eigenvalue weighted by atomic mass is 9.92. The van der Waals surface area contributed by atoms with Gasteiger partial charge in [0.25, 0.3) is 0 Å². The van der Waals surface area contributed by atoms with Crippen molar-refractivity contribution in [1.82, 2.24) is 0 Å². The summed E-state index contributed by atoms with van der Waals surface area (Å²) in [4.78, 5) is 10.2. The molecular weight excluding hydrogens is 1570 g/mol. The van der Waals surface area contributed by atoms with Crippen LogP contribution in [0, 0.1) is 332 Å². The van der Waals surface area contributed by atoms with Gasteiger partial charge in [0, 0.05) is 68.4 Å². The highest BCUT2D eigenvalue weighted by molar-refractivity contribution is 7.21. The minimum atomic E-state index is 1.04. The molecule has 0 spiro atoms. The topological polar surface area (TPSA) is 26.3 Å². The van der Waals surface area contributed by atoms with Crippen molar-refractivity contribution >= 4 is 151 Å². The molecule has 0 atom stereocenters. The van der Waals surface area contributed by atoms with Crippen LogP contribution in [0.5, 0.6) is 0 Å². The van der Waals surface area contributed by atoms with Gasteiger partial charge in [0.2, 0.25) is 0 Å². The monoisotopic (exact) mass is 1710 g/mol. The van der Waals surface area contributed by atoms with Gasteiger partial charge in [0.15, 0.2) is 0 Å². The van der Waals surface area contributed by atoms with Crippen LogP contribution < -0.4 is 0 Å². The van der Waals surface area contributed by atoms with Gasteiger partial charge in [-0.2, -0.15) is 0 Å². The first kappa shape index (κ1) is 96.4. The van der Waals surface area contributed by atoms with Gasteiger partial charge >= 0.3 is 0 Å². The van der Waals surface area contributed by atoms with E-state index in [0.29, 0.717) is 0 Å². The number of fused-ring (bicyclic) bond motifs is 8. The summed E-state index contributed by atoms with van der Waals surface area (Å²) >= 11 is 11.6. The van der Waals surface area contributed by atoms with E-state index in [4.69, 9.17) is 8.83 Å². The second-order valence-corrected chi connectivity index (χ2v) is 43.4. The summed E-state index contributed by atoms with van der Waals surface area (Å²) in [5.74, 6) is 2.09. The van der Waals surface area contributed by atoms with Crippen LogP contribution >= 0.6 is 68.0 Å². The molecule has 120 heavy (non-hydrogen) atoms. The maximum Gasteiger partial charge on any atom is 0.137 e. The number of aryl methyl sites for hydroxylation is 32. The van der Waals surface area contributed by atoms with Crippen molar-refractivity contribution in [3.8, 4) is 0 Å². The summed E-state index contributed by atoms with van der Waals surface area (Å²) in [6.07, 6.45) is 0. The molecule has 0 radical (unpaired) electrons. The Morgan fingerprint density at radius 2 is 0.250 bits per heavy atom. The van der Waals surface area contributed by atoms with E-state index in [2.05, 4.69) is 318 Å². The van der Waals surface area contributed by atoms with E-state index in [1.54, 1.807) is 0 Å². The second-order valence-electron chi connectivity index (χ2n) is 35.9. The van der Waals surface area contributed by atoms with Crippen molar-refractivity contribution in [2.24, 2.45) is 0 Å². The van der Waals surface area contributed by atoms with E-state index in [9.17, 15) is 0 Å². The van der Waals surface area contributed by atoms with Gasteiger partial charge in [-0.1, -0.05) is 0 Å². The average Bonchev–Trinajstić information content (AvgIpc) is 1.70. The smallest absolute Gasteiger partial charge is 0.137 e. The van der Waals surface area contributed by atoms with Crippen molar-refractivity contribution < 1.29 is 8.83 Å². The first-order valence-electron chi connectivity index (χ1n) is 43.3. The van der Waals surface area contributed by atoms with Gasteiger partial charge in [0.1, 0.15) is 22.7 Å². The molecular formula is C112H144O2S6. The fourth-order valence-corrected chi connectivity index (χ4v) is 25.9. The third kappa shape index (κ3) is 16.9. The van der Waals surface area contributed by atoms with Crippen molar-refractivity contribution in [3.63, 3.8) is 0 Å². The van der Waals surface area contributed by atoms with Crippen molar-refractivity contribution in [2.75, 3.05) is 0 Å². The Morgan fingerprint density at radius 1 is 0.108 bits per heavy atom. The van der Waals surface area contributed by atoms with Crippen LogP contribution in [0.15, 0.2) is 8.83 Å². The largest absolute Gasteiger partial charge is 0.461 e. The molecule has 640 valence electrons. The number of benzene rings is 8. The van der Waals surface area contributed by atoms with Gasteiger partial charge in [-0.05, 0) is 587 Å². The molecule has 16 rings (SSSR count). The summed E-state index contributed by atoms with van der Waals surface area (Å²) in [6, 6.07) is 0. The molecule has 2 nitrogen and oxygen atoms in total. The SMILES string of the molecule is Cc1c(C)c(C)c2c(C)sc(C)c2c1C.Cc1oc2c(C)c(C)c(C)c(C)c2c1C.Cc1oc2c(C)c(C)c(C)c(C)c2c1C.Cc1sc2c(C)c(C)c(C)c(C)c2c1C.Cc1sc2c(C)c(C)c(C)c(C)c2c1C.Cc1sc2c(C)c(C)c(C)c(C)c2c1C.Cc1sc2c(C)c(C)c(C)c(C)c2c1C.Cc1sc2c(C)c(C)c(C)c(C)c2c1C. The molecule has 0 aliphatic carbocycles. The second kappa shape index (κ2) is 36.8. The lowest BCUT2D eigenvalue weighted by Crippen LogP contribution is -1.93. The van der Waals surface area contributed by atoms with E-state index in [1.165, 1.54) is 323 Å². The normalized spacial score (nSPS) is 11.3. The molecule has 8 aromatic carbocycles. The molecule has 0 unspecified atom stereocenters. The number of thiophene rings is 6. The molecule has 0 saturated heterocycles. The van der Waals surface area contributed by atoms with Crippen molar-refractivity contribution in [1.29, 1.82) is 0 Å². The van der Waals surface area contributed by atoms with Crippen LogP contribution in [0.4, 0.5) is 0 Å². The summed E-state index contributed by atoms with van der Waals surface area (Å²) in [5, 5.41) is 13.1. The maximum atomic E-state index is 5.85. The third-order valence-electron chi connectivity index (χ3n) is 30.2. The van der Waals surface area contributed by atoms with Gasteiger partial charge < -0.3 is 8.83 Å². The van der Waals surface area contributed by atoms with Crippen LogP contribution in [-0.2, 0) is 0 Å². The van der Waals surface area contributed by atoms with E-state index in [-0.39, 0.29) is 0 Å². The zero-order valence-electron chi connectivity index (χ0n) is 83.3. The van der Waals surface area contributed by atoms with Gasteiger partial charge in [-0.3, -0.25) is 0 Å². The minimum absolute atomic E-state index is 1.04. The number of furan rings is 2. The number of hydrogen-bond acceptors (Lipinski definition) is 8. The molecule has 0 aliphatic rings. The summed E-state index contributed by atoms with van der Waals surface area (Å²) in [7, 11) is 0. The van der Waals surface area contributed by atoms with Crippen LogP contribution in [0.2, 0.25) is 0 Å². The van der Waals surface area contributed by atoms with Gasteiger partial charge in [-0.15, -0.1) is 68.0 Å². The van der Waals surface area contributed by atoms with Crippen LogP contribution in [0.1, 0.15) is 263 Å². The minimum Gasteiger partial charge on any atom is -0.461 e. The molecule has 8 heteroatoms. The standard InChI is InChI=1S/2C14H18O.6C14H18S/c2*1-7-8(2)10(4)14-13(9(7)3)11(5)12(6)15-14;1-7-8(2)10(4)14-12(6)15-11(5)13(14)9(7)3;5*1-7-8(2)10(4)14-13(9(7)3)11(5)12(6)15-14/h8*1-6H3. The molecule has 0 N–H and O–H groups in total. The lowest BCUT2D eigenvalue weighted by molar-refractivity contribution is 0.572. The lowest BCUT2D eigenvalue weighted by Gasteiger charge is -2.12. The first-order chi connectivity index (χ1) is 55.6. The van der Waals surface area contributed by atoms with Crippen molar-refractivity contribution in [2.45, 2.75) is 332 Å². The quantitative estimate of drug-likeness (QED) is 0.151. The Hall–Kier alpha value is -7.40. The van der Waals surface area contributed by atoms with Gasteiger partial charge in [0.05, 0.1) is 0 Å². The van der Waals surface area contributed by atoms with E-state index in [0.717, 1.165) is 22.7 Å². The summed E-state index contributed by atoms with van der Waals surface area (Å²) in [5.41, 5.74) is 58.0. The highest BCUT2D eigenvalue weighted by Crippen LogP contribution is 2.46. The summed E-state index contributed by atoms with van der Waals surface area (Å²) < 4.78 is 19.1.